The van der Waals surface area contributed by atoms with Gasteiger partial charge in [0.2, 0.25) is 11.8 Å². The Morgan fingerprint density at radius 2 is 1.73 bits per heavy atom. The van der Waals surface area contributed by atoms with Crippen molar-refractivity contribution in [1.82, 2.24) is 15.4 Å². The molecule has 1 atom stereocenters. The summed E-state index contributed by atoms with van der Waals surface area (Å²) in [5.41, 5.74) is 6.33. The Labute approximate surface area is 156 Å². The van der Waals surface area contributed by atoms with Crippen LogP contribution in [0.2, 0.25) is 0 Å². The van der Waals surface area contributed by atoms with Gasteiger partial charge in [0.05, 0.1) is 7.11 Å². The van der Waals surface area contributed by atoms with Gasteiger partial charge in [-0.25, -0.2) is 4.98 Å². The first-order valence-corrected chi connectivity index (χ1v) is 8.84. The summed E-state index contributed by atoms with van der Waals surface area (Å²) < 4.78 is 5.05. The molecule has 0 saturated heterocycles. The van der Waals surface area contributed by atoms with E-state index in [1.165, 1.54) is 18.9 Å². The number of hydrazine groups is 1. The smallest absolute Gasteiger partial charge is 0.256 e. The third kappa shape index (κ3) is 4.73. The molecule has 1 heterocycles. The number of carbonyl (C=O) groups is 1. The minimum Gasteiger partial charge on any atom is -0.481 e. The van der Waals surface area contributed by atoms with E-state index in [1.54, 1.807) is 12.3 Å². The van der Waals surface area contributed by atoms with E-state index in [2.05, 4.69) is 20.8 Å². The summed E-state index contributed by atoms with van der Waals surface area (Å²) in [5.74, 6) is 0.473. The number of hydrogen-bond acceptors (Lipinski definition) is 6. The zero-order chi connectivity index (χ0) is 18.2. The number of ether oxygens (including phenoxy) is 1. The van der Waals surface area contributed by atoms with Crippen LogP contribution in [0.25, 0.3) is 0 Å². The fraction of sp³-hybridized carbons (Fsp3) is 0.105. The molecule has 1 amide bonds. The van der Waals surface area contributed by atoms with E-state index in [1.807, 2.05) is 60.7 Å². The molecule has 2 N–H and O–H groups in total. The Bertz CT molecular complexity index is 846. The van der Waals surface area contributed by atoms with Crippen LogP contribution in [-0.4, -0.2) is 23.0 Å². The molecule has 0 bridgehead atoms. The number of aromatic nitrogens is 2. The van der Waals surface area contributed by atoms with Crippen molar-refractivity contribution >= 4 is 23.6 Å². The lowest BCUT2D eigenvalue weighted by molar-refractivity contribution is -0.120. The van der Waals surface area contributed by atoms with Crippen molar-refractivity contribution in [1.29, 1.82) is 0 Å². The molecule has 2 aromatic carbocycles. The molecule has 6 nitrogen and oxygen atoms in total. The van der Waals surface area contributed by atoms with Crippen molar-refractivity contribution in [3.8, 4) is 5.88 Å². The van der Waals surface area contributed by atoms with E-state index < -0.39 is 5.25 Å². The first kappa shape index (κ1) is 17.8. The third-order valence-corrected chi connectivity index (χ3v) is 4.74. The number of thioether (sulfide) groups is 1. The lowest BCUT2D eigenvalue weighted by Crippen LogP contribution is -2.33. The number of methoxy groups -OCH3 is 1. The fourth-order valence-corrected chi connectivity index (χ4v) is 3.28. The summed E-state index contributed by atoms with van der Waals surface area (Å²) in [7, 11) is 1.52. The minimum atomic E-state index is -0.420. The zero-order valence-electron chi connectivity index (χ0n) is 14.1. The summed E-state index contributed by atoms with van der Waals surface area (Å²) in [6.07, 6.45) is 1.55. The first-order chi connectivity index (χ1) is 12.8. The average Bonchev–Trinajstić information content (AvgIpc) is 2.72. The van der Waals surface area contributed by atoms with Gasteiger partial charge in [-0.2, -0.15) is 4.98 Å². The number of benzene rings is 2. The summed E-state index contributed by atoms with van der Waals surface area (Å²) in [5, 5.41) is -0.420. The maximum atomic E-state index is 12.8. The zero-order valence-corrected chi connectivity index (χ0v) is 14.9. The second-order valence-corrected chi connectivity index (χ2v) is 6.44. The summed E-state index contributed by atoms with van der Waals surface area (Å²) >= 11 is 1.48. The number of rotatable bonds is 7. The lowest BCUT2D eigenvalue weighted by atomic mass is 10.1. The largest absolute Gasteiger partial charge is 0.481 e. The third-order valence-electron chi connectivity index (χ3n) is 3.47. The minimum absolute atomic E-state index is 0.198. The van der Waals surface area contributed by atoms with Crippen molar-refractivity contribution in [2.75, 3.05) is 12.5 Å². The maximum Gasteiger partial charge on any atom is 0.256 e. The highest BCUT2D eigenvalue weighted by Gasteiger charge is 2.22. The normalized spacial score (nSPS) is 11.4. The molecule has 132 valence electrons. The maximum absolute atomic E-state index is 12.8. The van der Waals surface area contributed by atoms with Crippen LogP contribution in [0, 0.1) is 0 Å². The van der Waals surface area contributed by atoms with E-state index in [9.17, 15) is 4.79 Å². The monoisotopic (exact) mass is 366 g/mol. The van der Waals surface area contributed by atoms with Crippen LogP contribution >= 0.6 is 11.8 Å². The number of amides is 1. The topological polar surface area (TPSA) is 76.1 Å². The van der Waals surface area contributed by atoms with Crippen molar-refractivity contribution in [3.63, 3.8) is 0 Å². The molecule has 0 saturated carbocycles. The van der Waals surface area contributed by atoms with Crippen molar-refractivity contribution in [3.05, 3.63) is 78.5 Å². The average molecular weight is 366 g/mol. The Kier molecular flexibility index (Phi) is 6.05. The van der Waals surface area contributed by atoms with Gasteiger partial charge in [0.25, 0.3) is 5.91 Å². The predicted octanol–water partition coefficient (Wildman–Crippen LogP) is 3.46. The quantitative estimate of drug-likeness (QED) is 0.493. The molecule has 0 aliphatic rings. The van der Waals surface area contributed by atoms with Gasteiger partial charge < -0.3 is 4.74 Å². The summed E-state index contributed by atoms with van der Waals surface area (Å²) in [4.78, 5) is 22.0. The summed E-state index contributed by atoms with van der Waals surface area (Å²) in [6.45, 7) is 0. The van der Waals surface area contributed by atoms with Gasteiger partial charge in [0, 0.05) is 17.2 Å². The van der Waals surface area contributed by atoms with Gasteiger partial charge >= 0.3 is 0 Å². The molecular formula is C19H18N4O2S. The molecule has 0 spiro atoms. The van der Waals surface area contributed by atoms with Crippen LogP contribution in [0.5, 0.6) is 5.88 Å². The van der Waals surface area contributed by atoms with Gasteiger partial charge in [-0.15, -0.1) is 11.8 Å². The number of hydrogen-bond donors (Lipinski definition) is 2. The number of carbonyl (C=O) groups excluding carboxylic acids is 1. The Balaban J connectivity index is 1.74. The molecule has 3 aromatic rings. The number of nitrogens with one attached hydrogen (secondary N) is 2. The predicted molar refractivity (Wildman–Crippen MR) is 102 cm³/mol. The Morgan fingerprint density at radius 1 is 1.04 bits per heavy atom. The Morgan fingerprint density at radius 3 is 2.42 bits per heavy atom. The summed E-state index contributed by atoms with van der Waals surface area (Å²) in [6, 6.07) is 21.1. The molecule has 0 aliphatic heterocycles. The molecular weight excluding hydrogens is 348 g/mol. The van der Waals surface area contributed by atoms with E-state index in [0.717, 1.165) is 10.5 Å². The van der Waals surface area contributed by atoms with Crippen LogP contribution in [0.1, 0.15) is 10.8 Å². The van der Waals surface area contributed by atoms with E-state index >= 15 is 0 Å². The highest BCUT2D eigenvalue weighted by molar-refractivity contribution is 8.00. The van der Waals surface area contributed by atoms with Crippen LogP contribution in [0.4, 0.5) is 5.95 Å². The molecule has 0 unspecified atom stereocenters. The fourth-order valence-electron chi connectivity index (χ4n) is 2.24. The van der Waals surface area contributed by atoms with Crippen molar-refractivity contribution < 1.29 is 9.53 Å². The second-order valence-electron chi connectivity index (χ2n) is 5.26. The van der Waals surface area contributed by atoms with Crippen molar-refractivity contribution in [2.45, 2.75) is 10.1 Å². The van der Waals surface area contributed by atoms with Gasteiger partial charge in [-0.1, -0.05) is 48.5 Å². The molecule has 7 heteroatoms. The second kappa shape index (κ2) is 8.87. The number of nitrogens with zero attached hydrogens (tertiary/aromatic N) is 2. The van der Waals surface area contributed by atoms with Crippen LogP contribution in [0.3, 0.4) is 0 Å². The van der Waals surface area contributed by atoms with Gasteiger partial charge in [-0.3, -0.25) is 15.6 Å². The number of anilines is 1. The SMILES string of the molecule is COc1ccnc(NNC(=O)[C@H](Sc2ccccc2)c2ccccc2)n1. The highest BCUT2D eigenvalue weighted by Crippen LogP contribution is 2.35. The molecule has 0 fully saturated rings. The van der Waals surface area contributed by atoms with Crippen LogP contribution < -0.4 is 15.6 Å². The van der Waals surface area contributed by atoms with Gasteiger partial charge in [0.1, 0.15) is 5.25 Å². The van der Waals surface area contributed by atoms with Crippen molar-refractivity contribution in [2.24, 2.45) is 0 Å². The molecule has 1 aromatic heterocycles. The highest BCUT2D eigenvalue weighted by atomic mass is 32.2. The lowest BCUT2D eigenvalue weighted by Gasteiger charge is -2.17. The van der Waals surface area contributed by atoms with Gasteiger partial charge in [0.15, 0.2) is 0 Å². The van der Waals surface area contributed by atoms with E-state index in [4.69, 9.17) is 4.74 Å². The molecule has 3 rings (SSSR count). The molecule has 0 aliphatic carbocycles. The molecule has 0 radical (unpaired) electrons. The van der Waals surface area contributed by atoms with Crippen LogP contribution in [0.15, 0.2) is 77.8 Å². The van der Waals surface area contributed by atoms with Crippen LogP contribution in [-0.2, 0) is 4.79 Å². The van der Waals surface area contributed by atoms with Gasteiger partial charge in [-0.05, 0) is 17.7 Å². The standard InChI is InChI=1S/C19H18N4O2S/c1-25-16-12-13-20-19(21-16)23-22-18(24)17(14-8-4-2-5-9-14)26-15-10-6-3-7-11-15/h2-13,17H,1H3,(H,22,24)(H,20,21,23)/t17-/m1/s1. The Hall–Kier alpha value is -3.06. The van der Waals surface area contributed by atoms with E-state index in [0.29, 0.717) is 5.88 Å². The van der Waals surface area contributed by atoms with E-state index in [-0.39, 0.29) is 11.9 Å². The molecule has 26 heavy (non-hydrogen) atoms. The first-order valence-electron chi connectivity index (χ1n) is 7.96.